The van der Waals surface area contributed by atoms with E-state index in [1.54, 1.807) is 7.11 Å². The average Bonchev–Trinajstić information content (AvgIpc) is 2.68. The molecule has 156 valence electrons. The molecule has 0 aliphatic rings. The fraction of sp³-hybridized carbons (Fsp3) is 0.423. The van der Waals surface area contributed by atoms with Gasteiger partial charge in [0.2, 0.25) is 0 Å². The number of rotatable bonds is 11. The van der Waals surface area contributed by atoms with E-state index in [2.05, 4.69) is 39.5 Å². The fourth-order valence-electron chi connectivity index (χ4n) is 3.57. The van der Waals surface area contributed by atoms with Crippen molar-refractivity contribution in [3.63, 3.8) is 0 Å². The Morgan fingerprint density at radius 3 is 2.52 bits per heavy atom. The third-order valence-corrected chi connectivity index (χ3v) is 5.12. The number of fused-ring (bicyclic) bond motifs is 1. The second-order valence-corrected chi connectivity index (χ2v) is 8.01. The Morgan fingerprint density at radius 1 is 1.14 bits per heavy atom. The van der Waals surface area contributed by atoms with Gasteiger partial charge in [-0.05, 0) is 61.4 Å². The zero-order chi connectivity index (χ0) is 21.2. The Balaban J connectivity index is 2.05. The van der Waals surface area contributed by atoms with Crippen LogP contribution in [0.5, 0.6) is 0 Å². The molecular formula is C26H34O3. The summed E-state index contributed by atoms with van der Waals surface area (Å²) in [5.74, 6) is 0.121. The fourth-order valence-corrected chi connectivity index (χ4v) is 3.57. The molecule has 0 spiro atoms. The van der Waals surface area contributed by atoms with Gasteiger partial charge in [0.15, 0.2) is 6.10 Å². The standard InChI is InChI=1S/C26H34O3/c1-6-10-24(17-20(4)12-9-11-19(2)3)29-26(27)25(28-5)23-16-15-21-13-7-8-14-22(21)18-23/h6-8,11,13-16,18,20,24-25H,1,9-10,12,17H2,2-5H3/t20-,24+,25?/m1/s1. The summed E-state index contributed by atoms with van der Waals surface area (Å²) >= 11 is 0. The number of hydrogen-bond acceptors (Lipinski definition) is 3. The second kappa shape index (κ2) is 11.6. The number of ether oxygens (including phenoxy) is 2. The highest BCUT2D eigenvalue weighted by atomic mass is 16.6. The van der Waals surface area contributed by atoms with Gasteiger partial charge in [0.25, 0.3) is 0 Å². The van der Waals surface area contributed by atoms with E-state index >= 15 is 0 Å². The van der Waals surface area contributed by atoms with Crippen LogP contribution in [0.1, 0.15) is 58.1 Å². The lowest BCUT2D eigenvalue weighted by molar-refractivity contribution is -0.162. The molecule has 1 unspecified atom stereocenters. The molecule has 29 heavy (non-hydrogen) atoms. The van der Waals surface area contributed by atoms with E-state index in [-0.39, 0.29) is 12.1 Å². The number of benzene rings is 2. The van der Waals surface area contributed by atoms with Gasteiger partial charge in [-0.1, -0.05) is 61.0 Å². The van der Waals surface area contributed by atoms with Crippen LogP contribution in [0.2, 0.25) is 0 Å². The van der Waals surface area contributed by atoms with Gasteiger partial charge in [-0.2, -0.15) is 0 Å². The molecule has 0 N–H and O–H groups in total. The summed E-state index contributed by atoms with van der Waals surface area (Å²) in [7, 11) is 1.55. The van der Waals surface area contributed by atoms with Crippen molar-refractivity contribution in [2.75, 3.05) is 7.11 Å². The van der Waals surface area contributed by atoms with Gasteiger partial charge in [0.1, 0.15) is 6.10 Å². The summed E-state index contributed by atoms with van der Waals surface area (Å²) in [6, 6.07) is 14.0. The molecular weight excluding hydrogens is 360 g/mol. The van der Waals surface area contributed by atoms with Crippen LogP contribution in [0.25, 0.3) is 10.8 Å². The van der Waals surface area contributed by atoms with E-state index in [0.29, 0.717) is 12.3 Å². The Labute approximate surface area is 175 Å². The minimum Gasteiger partial charge on any atom is -0.460 e. The second-order valence-electron chi connectivity index (χ2n) is 8.01. The quantitative estimate of drug-likeness (QED) is 0.311. The molecule has 0 saturated carbocycles. The first kappa shape index (κ1) is 22.9. The minimum atomic E-state index is -0.729. The molecule has 2 aromatic carbocycles. The lowest BCUT2D eigenvalue weighted by Gasteiger charge is -2.23. The lowest BCUT2D eigenvalue weighted by atomic mass is 9.96. The van der Waals surface area contributed by atoms with Crippen molar-refractivity contribution in [2.24, 2.45) is 5.92 Å². The topological polar surface area (TPSA) is 35.5 Å². The number of carbonyl (C=O) groups excluding carboxylic acids is 1. The number of hydrogen-bond donors (Lipinski definition) is 0. The van der Waals surface area contributed by atoms with Crippen molar-refractivity contribution >= 4 is 16.7 Å². The highest BCUT2D eigenvalue weighted by Gasteiger charge is 2.25. The van der Waals surface area contributed by atoms with Crippen LogP contribution in [0, 0.1) is 5.92 Å². The molecule has 3 atom stereocenters. The van der Waals surface area contributed by atoms with Gasteiger partial charge >= 0.3 is 5.97 Å². The number of esters is 1. The van der Waals surface area contributed by atoms with Gasteiger partial charge in [-0.3, -0.25) is 0 Å². The average molecular weight is 395 g/mol. The molecule has 2 aromatic rings. The smallest absolute Gasteiger partial charge is 0.340 e. The normalized spacial score (nSPS) is 14.1. The molecule has 0 radical (unpaired) electrons. The van der Waals surface area contributed by atoms with Gasteiger partial charge in [-0.15, -0.1) is 6.58 Å². The summed E-state index contributed by atoms with van der Waals surface area (Å²) in [4.78, 5) is 12.9. The Hall–Kier alpha value is -2.39. The molecule has 0 bridgehead atoms. The minimum absolute atomic E-state index is 0.181. The van der Waals surface area contributed by atoms with Crippen LogP contribution in [0.4, 0.5) is 0 Å². The monoisotopic (exact) mass is 394 g/mol. The molecule has 0 saturated heterocycles. The Bertz CT molecular complexity index is 833. The molecule has 0 fully saturated rings. The molecule has 3 nitrogen and oxygen atoms in total. The maximum atomic E-state index is 12.9. The molecule has 0 aliphatic heterocycles. The molecule has 0 amide bonds. The van der Waals surface area contributed by atoms with E-state index in [1.807, 2.05) is 42.5 Å². The van der Waals surface area contributed by atoms with Crippen LogP contribution >= 0.6 is 0 Å². The zero-order valence-corrected chi connectivity index (χ0v) is 18.2. The van der Waals surface area contributed by atoms with Crippen molar-refractivity contribution in [1.82, 2.24) is 0 Å². The Kier molecular flexibility index (Phi) is 9.14. The van der Waals surface area contributed by atoms with Crippen LogP contribution in [-0.4, -0.2) is 19.2 Å². The van der Waals surface area contributed by atoms with Crippen molar-refractivity contribution in [3.8, 4) is 0 Å². The summed E-state index contributed by atoms with van der Waals surface area (Å²) in [6.45, 7) is 10.3. The van der Waals surface area contributed by atoms with E-state index in [1.165, 1.54) is 5.57 Å². The summed E-state index contributed by atoms with van der Waals surface area (Å²) in [6.07, 6.45) is 6.76. The maximum Gasteiger partial charge on any atom is 0.340 e. The first-order valence-corrected chi connectivity index (χ1v) is 10.4. The third-order valence-electron chi connectivity index (χ3n) is 5.12. The van der Waals surface area contributed by atoms with Crippen LogP contribution in [0.15, 0.2) is 66.8 Å². The van der Waals surface area contributed by atoms with Crippen molar-refractivity contribution < 1.29 is 14.3 Å². The van der Waals surface area contributed by atoms with Crippen LogP contribution < -0.4 is 0 Å². The predicted octanol–water partition coefficient (Wildman–Crippen LogP) is 6.79. The lowest BCUT2D eigenvalue weighted by Crippen LogP contribution is -2.25. The maximum absolute atomic E-state index is 12.9. The van der Waals surface area contributed by atoms with Gasteiger partial charge in [0, 0.05) is 13.5 Å². The van der Waals surface area contributed by atoms with Crippen molar-refractivity contribution in [3.05, 3.63) is 72.3 Å². The summed E-state index contributed by atoms with van der Waals surface area (Å²) in [5.41, 5.74) is 2.15. The van der Waals surface area contributed by atoms with E-state index in [9.17, 15) is 4.79 Å². The number of allylic oxidation sites excluding steroid dienone is 2. The SMILES string of the molecule is C=CC[C@@H](C[C@H](C)CCC=C(C)C)OC(=O)C(OC)c1ccc2ccccc2c1. The largest absolute Gasteiger partial charge is 0.460 e. The van der Waals surface area contributed by atoms with Gasteiger partial charge in [-0.25, -0.2) is 4.79 Å². The first-order valence-electron chi connectivity index (χ1n) is 10.4. The summed E-state index contributed by atoms with van der Waals surface area (Å²) < 4.78 is 11.4. The van der Waals surface area contributed by atoms with E-state index < -0.39 is 6.10 Å². The van der Waals surface area contributed by atoms with E-state index in [0.717, 1.165) is 35.6 Å². The van der Waals surface area contributed by atoms with Gasteiger partial charge in [0.05, 0.1) is 0 Å². The highest BCUT2D eigenvalue weighted by Crippen LogP contribution is 2.26. The number of methoxy groups -OCH3 is 1. The number of carbonyl (C=O) groups is 1. The van der Waals surface area contributed by atoms with Crippen molar-refractivity contribution in [1.29, 1.82) is 0 Å². The molecule has 0 aliphatic carbocycles. The molecule has 2 rings (SSSR count). The molecule has 3 heteroatoms. The zero-order valence-electron chi connectivity index (χ0n) is 18.2. The highest BCUT2D eigenvalue weighted by molar-refractivity contribution is 5.85. The summed E-state index contributed by atoms with van der Waals surface area (Å²) in [5, 5.41) is 2.21. The third kappa shape index (κ3) is 7.17. The first-order chi connectivity index (χ1) is 13.9. The van der Waals surface area contributed by atoms with Crippen LogP contribution in [-0.2, 0) is 14.3 Å². The molecule has 0 aromatic heterocycles. The van der Waals surface area contributed by atoms with E-state index in [4.69, 9.17) is 9.47 Å². The molecule has 0 heterocycles. The Morgan fingerprint density at radius 2 is 1.86 bits per heavy atom. The van der Waals surface area contributed by atoms with Crippen LogP contribution in [0.3, 0.4) is 0 Å². The van der Waals surface area contributed by atoms with Crippen molar-refractivity contribution in [2.45, 2.75) is 58.7 Å². The van der Waals surface area contributed by atoms with Gasteiger partial charge < -0.3 is 9.47 Å². The predicted molar refractivity (Wildman–Crippen MR) is 121 cm³/mol.